The summed E-state index contributed by atoms with van der Waals surface area (Å²) in [6.07, 6.45) is 11.7. The molecule has 0 aliphatic carbocycles. The number of carbonyl (C=O) groups excluding carboxylic acids is 1. The number of hydrogen-bond acceptors (Lipinski definition) is 4. The van der Waals surface area contributed by atoms with Gasteiger partial charge in [-0.05, 0) is 59.5 Å². The Kier molecular flexibility index (Phi) is 7.66. The second-order valence-electron chi connectivity index (χ2n) is 5.94. The monoisotopic (exact) mass is 375 g/mol. The van der Waals surface area contributed by atoms with Crippen molar-refractivity contribution in [3.05, 3.63) is 106 Å². The summed E-state index contributed by atoms with van der Waals surface area (Å²) >= 11 is 0. The molecule has 0 aromatic heterocycles. The summed E-state index contributed by atoms with van der Waals surface area (Å²) in [7, 11) is 1.62. The molecule has 0 saturated carbocycles. The molecule has 0 N–H and O–H groups in total. The zero-order valence-electron chi connectivity index (χ0n) is 15.7. The number of allylic oxidation sites excluding steroid dienone is 7. The number of benzene rings is 2. The Bertz CT molecular complexity index is 934. The third-order valence-corrected chi connectivity index (χ3v) is 3.95. The highest BCUT2D eigenvalue weighted by atomic mass is 16.6. The van der Waals surface area contributed by atoms with Crippen LogP contribution in [-0.2, 0) is 4.79 Å². The highest BCUT2D eigenvalue weighted by Gasteiger charge is 2.03. The number of rotatable bonds is 8. The molecule has 142 valence electrons. The Labute approximate surface area is 164 Å². The van der Waals surface area contributed by atoms with Gasteiger partial charge >= 0.3 is 0 Å². The van der Waals surface area contributed by atoms with Gasteiger partial charge in [-0.2, -0.15) is 0 Å². The van der Waals surface area contributed by atoms with E-state index in [9.17, 15) is 14.9 Å². The molecule has 0 aliphatic heterocycles. The molecule has 0 radical (unpaired) electrons. The first kappa shape index (κ1) is 20.6. The molecule has 2 rings (SSSR count). The van der Waals surface area contributed by atoms with Gasteiger partial charge in [0.15, 0.2) is 0 Å². The maximum atomic E-state index is 10.8. The average molecular weight is 375 g/mol. The number of nitro benzene ring substituents is 1. The zero-order valence-corrected chi connectivity index (χ0v) is 15.7. The third kappa shape index (κ3) is 6.21. The van der Waals surface area contributed by atoms with E-state index in [1.165, 1.54) is 18.2 Å². The largest absolute Gasteiger partial charge is 0.497 e. The van der Waals surface area contributed by atoms with Crippen LogP contribution in [0.2, 0.25) is 0 Å². The minimum Gasteiger partial charge on any atom is -0.497 e. The number of hydrogen-bond donors (Lipinski definition) is 0. The first-order chi connectivity index (χ1) is 13.5. The van der Waals surface area contributed by atoms with Crippen LogP contribution in [0.4, 0.5) is 5.69 Å². The molecule has 2 aromatic rings. The van der Waals surface area contributed by atoms with E-state index in [0.717, 1.165) is 34.3 Å². The molecule has 5 nitrogen and oxygen atoms in total. The Morgan fingerprint density at radius 1 is 1.00 bits per heavy atom. The number of ether oxygens (including phenoxy) is 1. The van der Waals surface area contributed by atoms with E-state index in [4.69, 9.17) is 4.74 Å². The smallest absolute Gasteiger partial charge is 0.269 e. The molecule has 0 saturated heterocycles. The molecule has 2 aromatic carbocycles. The second kappa shape index (κ2) is 10.4. The maximum absolute atomic E-state index is 10.8. The van der Waals surface area contributed by atoms with Gasteiger partial charge in [-0.15, -0.1) is 0 Å². The van der Waals surface area contributed by atoms with Gasteiger partial charge < -0.3 is 4.74 Å². The molecule has 0 heterocycles. The first-order valence-corrected chi connectivity index (χ1v) is 8.61. The molecule has 0 spiro atoms. The van der Waals surface area contributed by atoms with Crippen molar-refractivity contribution in [1.82, 2.24) is 0 Å². The summed E-state index contributed by atoms with van der Waals surface area (Å²) < 4.78 is 5.20. The van der Waals surface area contributed by atoms with Gasteiger partial charge in [-0.3, -0.25) is 14.9 Å². The van der Waals surface area contributed by atoms with E-state index in [1.54, 1.807) is 19.2 Å². The molecule has 0 unspecified atom stereocenters. The molecule has 0 atom stereocenters. The van der Waals surface area contributed by atoms with E-state index in [2.05, 4.69) is 0 Å². The first-order valence-electron chi connectivity index (χ1n) is 8.61. The van der Waals surface area contributed by atoms with Gasteiger partial charge in [0.05, 0.1) is 12.0 Å². The molecular formula is C23H21NO4. The normalized spacial score (nSPS) is 12.5. The van der Waals surface area contributed by atoms with Crippen molar-refractivity contribution in [1.29, 1.82) is 0 Å². The van der Waals surface area contributed by atoms with Gasteiger partial charge in [0.25, 0.3) is 5.69 Å². The number of methoxy groups -OCH3 is 1. The van der Waals surface area contributed by atoms with Gasteiger partial charge in [0, 0.05) is 12.1 Å². The lowest BCUT2D eigenvalue weighted by Gasteiger charge is -2.05. The van der Waals surface area contributed by atoms with E-state index in [0.29, 0.717) is 0 Å². The summed E-state index contributed by atoms with van der Waals surface area (Å²) in [6.45, 7) is 1.85. The number of nitrogens with zero attached hydrogens (tertiary/aromatic N) is 1. The molecule has 0 aliphatic rings. The summed E-state index contributed by atoms with van der Waals surface area (Å²) in [5.74, 6) is 0.766. The fourth-order valence-corrected chi connectivity index (χ4v) is 2.39. The summed E-state index contributed by atoms with van der Waals surface area (Å²) in [5, 5.41) is 10.8. The van der Waals surface area contributed by atoms with Crippen LogP contribution in [-0.4, -0.2) is 18.3 Å². The Balaban J connectivity index is 2.32. The van der Waals surface area contributed by atoms with Crippen LogP contribution in [0.1, 0.15) is 18.1 Å². The predicted octanol–water partition coefficient (Wildman–Crippen LogP) is 5.40. The Morgan fingerprint density at radius 3 is 2.25 bits per heavy atom. The van der Waals surface area contributed by atoms with Crippen molar-refractivity contribution in [2.24, 2.45) is 0 Å². The maximum Gasteiger partial charge on any atom is 0.269 e. The Morgan fingerprint density at radius 2 is 1.68 bits per heavy atom. The Hall–Kier alpha value is -3.73. The zero-order chi connectivity index (χ0) is 20.4. The van der Waals surface area contributed by atoms with Crippen LogP contribution in [0, 0.1) is 10.1 Å². The summed E-state index contributed by atoms with van der Waals surface area (Å²) in [4.78, 5) is 20.9. The van der Waals surface area contributed by atoms with Crippen molar-refractivity contribution in [3.8, 4) is 5.75 Å². The predicted molar refractivity (Wildman–Crippen MR) is 112 cm³/mol. The van der Waals surface area contributed by atoms with Gasteiger partial charge in [-0.1, -0.05) is 42.5 Å². The quantitative estimate of drug-likeness (QED) is 0.204. The summed E-state index contributed by atoms with van der Waals surface area (Å²) in [6, 6.07) is 14.0. The van der Waals surface area contributed by atoms with Crippen molar-refractivity contribution < 1.29 is 14.5 Å². The van der Waals surface area contributed by atoms with Gasteiger partial charge in [-0.25, -0.2) is 0 Å². The number of carbonyl (C=O) groups is 1. The van der Waals surface area contributed by atoms with Crippen LogP contribution in [0.15, 0.2) is 84.5 Å². The lowest BCUT2D eigenvalue weighted by atomic mass is 10.0. The number of aldehydes is 1. The van der Waals surface area contributed by atoms with E-state index in [-0.39, 0.29) is 5.69 Å². The number of non-ortho nitro benzene ring substituents is 1. The van der Waals surface area contributed by atoms with Crippen LogP contribution in [0.3, 0.4) is 0 Å². The van der Waals surface area contributed by atoms with E-state index >= 15 is 0 Å². The van der Waals surface area contributed by atoms with Gasteiger partial charge in [0.2, 0.25) is 0 Å². The van der Waals surface area contributed by atoms with Crippen LogP contribution < -0.4 is 4.74 Å². The molecule has 0 amide bonds. The van der Waals surface area contributed by atoms with Crippen molar-refractivity contribution in [3.63, 3.8) is 0 Å². The molecule has 5 heteroatoms. The standard InChI is InChI=1S/C23H21NO4/c1-18(16-17-25)4-3-5-20(21-10-14-23(28-2)15-11-21)9-6-19-7-12-22(13-8-19)24(26)27/h3-17H,1-2H3. The minimum absolute atomic E-state index is 0.0587. The van der Waals surface area contributed by atoms with Crippen LogP contribution in [0.5, 0.6) is 5.75 Å². The van der Waals surface area contributed by atoms with Gasteiger partial charge in [0.1, 0.15) is 12.0 Å². The highest BCUT2D eigenvalue weighted by molar-refractivity contribution is 5.80. The van der Waals surface area contributed by atoms with Crippen molar-refractivity contribution in [2.45, 2.75) is 6.92 Å². The molecule has 0 fully saturated rings. The fourth-order valence-electron chi connectivity index (χ4n) is 2.39. The topological polar surface area (TPSA) is 69.4 Å². The van der Waals surface area contributed by atoms with E-state index < -0.39 is 4.92 Å². The van der Waals surface area contributed by atoms with Crippen molar-refractivity contribution >= 4 is 23.6 Å². The van der Waals surface area contributed by atoms with Crippen LogP contribution >= 0.6 is 0 Å². The van der Waals surface area contributed by atoms with Crippen LogP contribution in [0.25, 0.3) is 11.6 Å². The summed E-state index contributed by atoms with van der Waals surface area (Å²) in [5.41, 5.74) is 3.69. The minimum atomic E-state index is -0.420. The number of nitro groups is 1. The molecule has 0 bridgehead atoms. The lowest BCUT2D eigenvalue weighted by Crippen LogP contribution is -1.87. The van der Waals surface area contributed by atoms with E-state index in [1.807, 2.05) is 61.6 Å². The SMILES string of the molecule is COc1ccc(C(C=Cc2ccc([N+](=O)[O-])cc2)=CC=CC(C)=CC=O)cc1. The fraction of sp³-hybridized carbons (Fsp3) is 0.0870. The average Bonchev–Trinajstić information content (AvgIpc) is 2.71. The third-order valence-electron chi connectivity index (χ3n) is 3.95. The van der Waals surface area contributed by atoms with Crippen molar-refractivity contribution in [2.75, 3.05) is 7.11 Å². The second-order valence-corrected chi connectivity index (χ2v) is 5.94. The highest BCUT2D eigenvalue weighted by Crippen LogP contribution is 2.22. The lowest BCUT2D eigenvalue weighted by molar-refractivity contribution is -0.384. The molecular weight excluding hydrogens is 354 g/mol. The molecule has 28 heavy (non-hydrogen) atoms.